The summed E-state index contributed by atoms with van der Waals surface area (Å²) in [5.41, 5.74) is 4.25. The van der Waals surface area contributed by atoms with Crippen LogP contribution in [-0.2, 0) is 6.42 Å². The molecule has 118 valence electrons. The van der Waals surface area contributed by atoms with Crippen LogP contribution in [0.2, 0.25) is 0 Å². The van der Waals surface area contributed by atoms with E-state index >= 15 is 0 Å². The van der Waals surface area contributed by atoms with E-state index in [1.807, 2.05) is 54.6 Å². The normalized spacial score (nSPS) is 10.1. The number of hydrogen-bond donors (Lipinski definition) is 0. The fraction of sp³-hybridized carbons (Fsp3) is 0.136. The fourth-order valence-electron chi connectivity index (χ4n) is 2.59. The Morgan fingerprint density at radius 1 is 0.750 bits per heavy atom. The molecule has 2 heteroatoms. The molecule has 3 aromatic carbocycles. The number of aryl methyl sites for hydroxylation is 1. The van der Waals surface area contributed by atoms with Gasteiger partial charge in [0.05, 0.1) is 18.2 Å². The maximum Gasteiger partial charge on any atom is 0.119 e. The summed E-state index contributed by atoms with van der Waals surface area (Å²) in [4.78, 5) is 0. The Labute approximate surface area is 143 Å². The topological polar surface area (TPSA) is 33.0 Å². The molecule has 0 aliphatic carbocycles. The van der Waals surface area contributed by atoms with Gasteiger partial charge in [-0.25, -0.2) is 0 Å². The molecule has 0 fully saturated rings. The highest BCUT2D eigenvalue weighted by atomic mass is 16.5. The van der Waals surface area contributed by atoms with Crippen molar-refractivity contribution in [3.05, 3.63) is 90.0 Å². The molecule has 3 rings (SSSR count). The third kappa shape index (κ3) is 4.24. The van der Waals surface area contributed by atoms with Crippen molar-refractivity contribution in [2.75, 3.05) is 6.61 Å². The lowest BCUT2D eigenvalue weighted by Crippen LogP contribution is -1.99. The smallest absolute Gasteiger partial charge is 0.119 e. The average molecular weight is 313 g/mol. The molecule has 0 saturated heterocycles. The Kier molecular flexibility index (Phi) is 5.27. The summed E-state index contributed by atoms with van der Waals surface area (Å²) in [5.74, 6) is 0.889. The van der Waals surface area contributed by atoms with E-state index in [9.17, 15) is 0 Å². The SMILES string of the molecule is N#Cc1ccc(-c2ccc(OCCCc3ccccc3)cc2)cc1. The van der Waals surface area contributed by atoms with Crippen LogP contribution in [0.3, 0.4) is 0 Å². The summed E-state index contributed by atoms with van der Waals surface area (Å²) < 4.78 is 5.81. The molecule has 0 radical (unpaired) electrons. The summed E-state index contributed by atoms with van der Waals surface area (Å²) in [6.07, 6.45) is 2.03. The maximum atomic E-state index is 8.84. The molecular formula is C22H19NO. The largest absolute Gasteiger partial charge is 0.494 e. The monoisotopic (exact) mass is 313 g/mol. The second kappa shape index (κ2) is 7.99. The van der Waals surface area contributed by atoms with E-state index in [1.165, 1.54) is 5.56 Å². The Morgan fingerprint density at radius 2 is 1.38 bits per heavy atom. The molecule has 24 heavy (non-hydrogen) atoms. The van der Waals surface area contributed by atoms with Gasteiger partial charge in [-0.3, -0.25) is 0 Å². The van der Waals surface area contributed by atoms with Crippen LogP contribution in [0.4, 0.5) is 0 Å². The molecule has 0 unspecified atom stereocenters. The van der Waals surface area contributed by atoms with Gasteiger partial charge in [-0.1, -0.05) is 54.6 Å². The highest BCUT2D eigenvalue weighted by molar-refractivity contribution is 5.64. The van der Waals surface area contributed by atoms with Crippen LogP contribution in [0.15, 0.2) is 78.9 Å². The van der Waals surface area contributed by atoms with Crippen LogP contribution in [0.1, 0.15) is 17.5 Å². The summed E-state index contributed by atoms with van der Waals surface area (Å²) in [6.45, 7) is 0.713. The van der Waals surface area contributed by atoms with Crippen LogP contribution in [0, 0.1) is 11.3 Å². The lowest BCUT2D eigenvalue weighted by atomic mass is 10.0. The van der Waals surface area contributed by atoms with Crippen molar-refractivity contribution >= 4 is 0 Å². The van der Waals surface area contributed by atoms with Gasteiger partial charge < -0.3 is 4.74 Å². The molecule has 0 atom stereocenters. The second-order valence-electron chi connectivity index (χ2n) is 5.65. The molecule has 0 bridgehead atoms. The van der Waals surface area contributed by atoms with E-state index in [4.69, 9.17) is 10.00 Å². The summed E-state index contributed by atoms with van der Waals surface area (Å²) >= 11 is 0. The number of benzene rings is 3. The van der Waals surface area contributed by atoms with Gasteiger partial charge in [-0.05, 0) is 53.8 Å². The van der Waals surface area contributed by atoms with Crippen LogP contribution >= 0.6 is 0 Å². The van der Waals surface area contributed by atoms with E-state index in [2.05, 4.69) is 30.3 Å². The molecule has 0 spiro atoms. The number of rotatable bonds is 6. The van der Waals surface area contributed by atoms with Gasteiger partial charge in [0, 0.05) is 0 Å². The fourth-order valence-corrected chi connectivity index (χ4v) is 2.59. The van der Waals surface area contributed by atoms with Gasteiger partial charge in [-0.2, -0.15) is 5.26 Å². The Balaban J connectivity index is 1.52. The third-order valence-electron chi connectivity index (χ3n) is 3.92. The molecular weight excluding hydrogens is 294 g/mol. The lowest BCUT2D eigenvalue weighted by molar-refractivity contribution is 0.311. The summed E-state index contributed by atoms with van der Waals surface area (Å²) in [5, 5.41) is 8.84. The van der Waals surface area contributed by atoms with Gasteiger partial charge in [0.2, 0.25) is 0 Å². The minimum Gasteiger partial charge on any atom is -0.494 e. The molecule has 0 heterocycles. The quantitative estimate of drug-likeness (QED) is 0.583. The molecule has 2 nitrogen and oxygen atoms in total. The van der Waals surface area contributed by atoms with Crippen molar-refractivity contribution in [1.82, 2.24) is 0 Å². The van der Waals surface area contributed by atoms with E-state index in [0.717, 1.165) is 29.7 Å². The molecule has 0 saturated carbocycles. The first-order valence-electron chi connectivity index (χ1n) is 8.12. The van der Waals surface area contributed by atoms with Gasteiger partial charge in [0.1, 0.15) is 5.75 Å². The van der Waals surface area contributed by atoms with Crippen LogP contribution in [0.5, 0.6) is 5.75 Å². The highest BCUT2D eigenvalue weighted by Gasteiger charge is 2.00. The molecule has 3 aromatic rings. The van der Waals surface area contributed by atoms with Gasteiger partial charge in [0.15, 0.2) is 0 Å². The number of ether oxygens (including phenoxy) is 1. The van der Waals surface area contributed by atoms with E-state index in [-0.39, 0.29) is 0 Å². The van der Waals surface area contributed by atoms with Crippen molar-refractivity contribution in [1.29, 1.82) is 5.26 Å². The lowest BCUT2D eigenvalue weighted by Gasteiger charge is -2.08. The Hall–Kier alpha value is -3.05. The van der Waals surface area contributed by atoms with Crippen molar-refractivity contribution in [3.63, 3.8) is 0 Å². The van der Waals surface area contributed by atoms with Gasteiger partial charge >= 0.3 is 0 Å². The number of nitriles is 1. The molecule has 0 amide bonds. The minimum absolute atomic E-state index is 0.678. The van der Waals surface area contributed by atoms with Crippen molar-refractivity contribution < 1.29 is 4.74 Å². The molecule has 0 aromatic heterocycles. The molecule has 0 aliphatic heterocycles. The second-order valence-corrected chi connectivity index (χ2v) is 5.65. The first-order chi connectivity index (χ1) is 11.8. The van der Waals surface area contributed by atoms with E-state index in [1.54, 1.807) is 0 Å². The predicted molar refractivity (Wildman–Crippen MR) is 96.9 cm³/mol. The molecule has 0 aliphatic rings. The zero-order valence-electron chi connectivity index (χ0n) is 13.5. The van der Waals surface area contributed by atoms with Crippen molar-refractivity contribution in [2.24, 2.45) is 0 Å². The van der Waals surface area contributed by atoms with Crippen LogP contribution in [0.25, 0.3) is 11.1 Å². The predicted octanol–water partition coefficient (Wildman–Crippen LogP) is 5.24. The Bertz CT molecular complexity index is 799. The first-order valence-corrected chi connectivity index (χ1v) is 8.12. The van der Waals surface area contributed by atoms with Crippen molar-refractivity contribution in [3.8, 4) is 22.9 Å². The standard InChI is InChI=1S/C22H19NO/c23-17-19-8-10-20(11-9-19)21-12-14-22(15-13-21)24-16-4-7-18-5-2-1-3-6-18/h1-3,5-6,8-15H,4,7,16H2. The Morgan fingerprint density at radius 3 is 2.00 bits per heavy atom. The maximum absolute atomic E-state index is 8.84. The van der Waals surface area contributed by atoms with Crippen LogP contribution in [-0.4, -0.2) is 6.61 Å². The first kappa shape index (κ1) is 15.8. The average Bonchev–Trinajstić information content (AvgIpc) is 2.67. The number of nitrogens with zero attached hydrogens (tertiary/aromatic N) is 1. The summed E-state index contributed by atoms with van der Waals surface area (Å²) in [6, 6.07) is 28.3. The van der Waals surface area contributed by atoms with Gasteiger partial charge in [0.25, 0.3) is 0 Å². The van der Waals surface area contributed by atoms with E-state index in [0.29, 0.717) is 12.2 Å². The minimum atomic E-state index is 0.678. The van der Waals surface area contributed by atoms with Gasteiger partial charge in [-0.15, -0.1) is 0 Å². The molecule has 0 N–H and O–H groups in total. The highest BCUT2D eigenvalue weighted by Crippen LogP contribution is 2.23. The zero-order chi connectivity index (χ0) is 16.6. The van der Waals surface area contributed by atoms with Crippen LogP contribution < -0.4 is 4.74 Å². The third-order valence-corrected chi connectivity index (χ3v) is 3.92. The van der Waals surface area contributed by atoms with E-state index < -0.39 is 0 Å². The number of hydrogen-bond acceptors (Lipinski definition) is 2. The van der Waals surface area contributed by atoms with Crippen molar-refractivity contribution in [2.45, 2.75) is 12.8 Å². The zero-order valence-corrected chi connectivity index (χ0v) is 13.5. The summed E-state index contributed by atoms with van der Waals surface area (Å²) in [7, 11) is 0.